The molecule has 0 saturated carbocycles. The van der Waals surface area contributed by atoms with E-state index in [0.29, 0.717) is 15.8 Å². The number of anilines is 1. The molecule has 5 nitrogen and oxygen atoms in total. The van der Waals surface area contributed by atoms with Crippen molar-refractivity contribution in [3.05, 3.63) is 107 Å². The topological polar surface area (TPSA) is 53.3 Å². The van der Waals surface area contributed by atoms with Gasteiger partial charge in [0.05, 0.1) is 23.5 Å². The number of aryl methyl sites for hydroxylation is 1. The summed E-state index contributed by atoms with van der Waals surface area (Å²) in [6.07, 6.45) is 1.79. The Balaban J connectivity index is 1.70. The number of hydrogen-bond acceptors (Lipinski definition) is 3. The number of benzene rings is 2. The standard InChI is InChI=1S/C26H23ClN4OS/c1-16-14-20(17(2)30(16)19-9-7-8-18(27)15-19)25-24(21-10-5-6-13-28-21)29-26(33)31(25)22-11-3-4-12-23(22)32/h3-15,24-25,32H,1-2H3,(H,29,33)/t24-,25+/m0/s1. The van der Waals surface area contributed by atoms with Crippen LogP contribution < -0.4 is 10.2 Å². The molecule has 0 bridgehead atoms. The fraction of sp³-hybridized carbons (Fsp3) is 0.154. The van der Waals surface area contributed by atoms with E-state index in [-0.39, 0.29) is 17.8 Å². The van der Waals surface area contributed by atoms with Gasteiger partial charge in [0.2, 0.25) is 0 Å². The Morgan fingerprint density at radius 2 is 1.79 bits per heavy atom. The van der Waals surface area contributed by atoms with E-state index in [0.717, 1.165) is 28.3 Å². The lowest BCUT2D eigenvalue weighted by molar-refractivity contribution is 0.472. The molecule has 0 unspecified atom stereocenters. The van der Waals surface area contributed by atoms with Gasteiger partial charge in [0.25, 0.3) is 0 Å². The molecule has 0 spiro atoms. The molecule has 4 aromatic rings. The predicted molar refractivity (Wildman–Crippen MR) is 136 cm³/mol. The molecule has 5 rings (SSSR count). The fourth-order valence-electron chi connectivity index (χ4n) is 4.70. The maximum atomic E-state index is 10.7. The SMILES string of the molecule is Cc1cc([C@@H]2[C@H](c3ccccn3)NC(=S)N2c2ccccc2O)c(C)n1-c1cccc(Cl)c1. The maximum absolute atomic E-state index is 10.7. The molecule has 0 radical (unpaired) electrons. The molecular weight excluding hydrogens is 452 g/mol. The van der Waals surface area contributed by atoms with E-state index < -0.39 is 0 Å². The van der Waals surface area contributed by atoms with Gasteiger partial charge in [0.1, 0.15) is 5.75 Å². The highest BCUT2D eigenvalue weighted by molar-refractivity contribution is 7.80. The van der Waals surface area contributed by atoms with Gasteiger partial charge in [-0.25, -0.2) is 0 Å². The van der Waals surface area contributed by atoms with Crippen LogP contribution in [0.25, 0.3) is 5.69 Å². The number of nitrogens with one attached hydrogen (secondary N) is 1. The van der Waals surface area contributed by atoms with Gasteiger partial charge in [0, 0.05) is 28.3 Å². The highest BCUT2D eigenvalue weighted by atomic mass is 35.5. The number of thiocarbonyl (C=S) groups is 1. The van der Waals surface area contributed by atoms with E-state index in [4.69, 9.17) is 23.8 Å². The number of rotatable bonds is 4. The second-order valence-electron chi connectivity index (χ2n) is 8.13. The number of pyridine rings is 1. The van der Waals surface area contributed by atoms with Crippen LogP contribution in [0, 0.1) is 13.8 Å². The highest BCUT2D eigenvalue weighted by Crippen LogP contribution is 2.45. The second-order valence-corrected chi connectivity index (χ2v) is 8.95. The summed E-state index contributed by atoms with van der Waals surface area (Å²) >= 11 is 12.1. The number of phenols is 1. The van der Waals surface area contributed by atoms with Gasteiger partial charge < -0.3 is 19.9 Å². The normalized spacial score (nSPS) is 17.9. The minimum atomic E-state index is -0.208. The molecular formula is C26H23ClN4OS. The number of aromatic hydroxyl groups is 1. The van der Waals surface area contributed by atoms with E-state index in [9.17, 15) is 5.11 Å². The van der Waals surface area contributed by atoms with Crippen LogP contribution in [0.2, 0.25) is 5.02 Å². The monoisotopic (exact) mass is 474 g/mol. The first kappa shape index (κ1) is 21.5. The number of halogens is 1. The van der Waals surface area contributed by atoms with E-state index in [1.165, 1.54) is 0 Å². The summed E-state index contributed by atoms with van der Waals surface area (Å²) in [7, 11) is 0. The van der Waals surface area contributed by atoms with Crippen LogP contribution in [-0.2, 0) is 0 Å². The summed E-state index contributed by atoms with van der Waals surface area (Å²) in [6.45, 7) is 4.18. The molecule has 1 aliphatic heterocycles. The number of nitrogens with zero attached hydrogens (tertiary/aromatic N) is 3. The molecule has 2 N–H and O–H groups in total. The third kappa shape index (κ3) is 3.75. The van der Waals surface area contributed by atoms with Gasteiger partial charge in [-0.1, -0.05) is 35.9 Å². The molecule has 3 heterocycles. The minimum Gasteiger partial charge on any atom is -0.506 e. The number of phenolic OH excluding ortho intramolecular Hbond substituents is 1. The van der Waals surface area contributed by atoms with Gasteiger partial charge in [-0.15, -0.1) is 0 Å². The average molecular weight is 475 g/mol. The molecule has 0 aliphatic carbocycles. The van der Waals surface area contributed by atoms with Crippen molar-refractivity contribution in [2.75, 3.05) is 4.90 Å². The first-order valence-electron chi connectivity index (χ1n) is 10.7. The van der Waals surface area contributed by atoms with Crippen LogP contribution in [0.5, 0.6) is 5.75 Å². The number of aromatic nitrogens is 2. The molecule has 33 heavy (non-hydrogen) atoms. The van der Waals surface area contributed by atoms with Crippen LogP contribution in [-0.4, -0.2) is 19.8 Å². The Kier molecular flexibility index (Phi) is 5.56. The van der Waals surface area contributed by atoms with Crippen molar-refractivity contribution < 1.29 is 5.11 Å². The van der Waals surface area contributed by atoms with E-state index >= 15 is 0 Å². The van der Waals surface area contributed by atoms with Crippen molar-refractivity contribution in [3.8, 4) is 11.4 Å². The first-order chi connectivity index (χ1) is 16.0. The number of para-hydroxylation sites is 2. The lowest BCUT2D eigenvalue weighted by Gasteiger charge is -2.28. The lowest BCUT2D eigenvalue weighted by atomic mass is 9.96. The zero-order chi connectivity index (χ0) is 23.1. The van der Waals surface area contributed by atoms with Crippen LogP contribution in [0.4, 0.5) is 5.69 Å². The quantitative estimate of drug-likeness (QED) is 0.354. The summed E-state index contributed by atoms with van der Waals surface area (Å²) in [5.74, 6) is 0.178. The van der Waals surface area contributed by atoms with Crippen LogP contribution in [0.3, 0.4) is 0 Å². The van der Waals surface area contributed by atoms with Crippen molar-refractivity contribution in [3.63, 3.8) is 0 Å². The average Bonchev–Trinajstić information content (AvgIpc) is 3.30. The fourth-order valence-corrected chi connectivity index (χ4v) is 5.22. The highest BCUT2D eigenvalue weighted by Gasteiger charge is 2.43. The lowest BCUT2D eigenvalue weighted by Crippen LogP contribution is -2.29. The third-order valence-corrected chi connectivity index (χ3v) is 6.64. The summed E-state index contributed by atoms with van der Waals surface area (Å²) in [5, 5.41) is 15.4. The third-order valence-electron chi connectivity index (χ3n) is 6.09. The van der Waals surface area contributed by atoms with E-state index in [1.54, 1.807) is 12.3 Å². The molecule has 7 heteroatoms. The maximum Gasteiger partial charge on any atom is 0.174 e. The Bertz CT molecular complexity index is 1340. The molecule has 2 aromatic carbocycles. The smallest absolute Gasteiger partial charge is 0.174 e. The van der Waals surface area contributed by atoms with Crippen molar-refractivity contribution in [1.82, 2.24) is 14.9 Å². The Morgan fingerprint density at radius 1 is 1.00 bits per heavy atom. The second kappa shape index (κ2) is 8.54. The predicted octanol–water partition coefficient (Wildman–Crippen LogP) is 6.03. The molecule has 1 fully saturated rings. The molecule has 2 aromatic heterocycles. The first-order valence-corrected chi connectivity index (χ1v) is 11.5. The molecule has 1 saturated heterocycles. The van der Waals surface area contributed by atoms with Crippen molar-refractivity contribution in [2.24, 2.45) is 0 Å². The molecule has 166 valence electrons. The van der Waals surface area contributed by atoms with Crippen molar-refractivity contribution in [2.45, 2.75) is 25.9 Å². The van der Waals surface area contributed by atoms with Gasteiger partial charge in [-0.2, -0.15) is 0 Å². The van der Waals surface area contributed by atoms with Crippen LogP contribution >= 0.6 is 23.8 Å². The van der Waals surface area contributed by atoms with Crippen molar-refractivity contribution in [1.29, 1.82) is 0 Å². The van der Waals surface area contributed by atoms with Gasteiger partial charge in [-0.3, -0.25) is 4.98 Å². The zero-order valence-corrected chi connectivity index (χ0v) is 19.8. The largest absolute Gasteiger partial charge is 0.506 e. The molecule has 2 atom stereocenters. The van der Waals surface area contributed by atoms with Crippen molar-refractivity contribution >= 4 is 34.6 Å². The summed E-state index contributed by atoms with van der Waals surface area (Å²) in [5.41, 5.74) is 5.80. The summed E-state index contributed by atoms with van der Waals surface area (Å²) < 4.78 is 2.20. The minimum absolute atomic E-state index is 0.178. The van der Waals surface area contributed by atoms with Gasteiger partial charge in [0.15, 0.2) is 5.11 Å². The van der Waals surface area contributed by atoms with Gasteiger partial charge >= 0.3 is 0 Å². The van der Waals surface area contributed by atoms with E-state index in [2.05, 4.69) is 34.8 Å². The number of hydrogen-bond donors (Lipinski definition) is 2. The Morgan fingerprint density at radius 3 is 2.52 bits per heavy atom. The Labute approximate surface area is 203 Å². The van der Waals surface area contributed by atoms with Crippen LogP contribution in [0.15, 0.2) is 79.0 Å². The van der Waals surface area contributed by atoms with E-state index in [1.807, 2.05) is 65.6 Å². The Hall–Kier alpha value is -3.35. The summed E-state index contributed by atoms with van der Waals surface area (Å²) in [4.78, 5) is 6.61. The summed E-state index contributed by atoms with van der Waals surface area (Å²) in [6, 6.07) is 22.8. The van der Waals surface area contributed by atoms with Crippen LogP contribution in [0.1, 0.15) is 34.7 Å². The molecule has 0 amide bonds. The zero-order valence-electron chi connectivity index (χ0n) is 18.2. The van der Waals surface area contributed by atoms with Gasteiger partial charge in [-0.05, 0) is 80.2 Å². The molecule has 1 aliphatic rings.